The molecule has 2 heteroatoms. The van der Waals surface area contributed by atoms with Crippen molar-refractivity contribution in [2.75, 3.05) is 0 Å². The van der Waals surface area contributed by atoms with Gasteiger partial charge in [0.05, 0.1) is 5.70 Å². The van der Waals surface area contributed by atoms with E-state index in [1.165, 1.54) is 27.3 Å². The lowest BCUT2D eigenvalue weighted by Crippen LogP contribution is -1.98. The molecule has 8 aromatic carbocycles. The van der Waals surface area contributed by atoms with Gasteiger partial charge in [0.15, 0.2) is 0 Å². The number of fused-ring (bicyclic) bond motifs is 5. The highest BCUT2D eigenvalue weighted by Crippen LogP contribution is 2.41. The summed E-state index contributed by atoms with van der Waals surface area (Å²) in [5.74, 6) is 0. The summed E-state index contributed by atoms with van der Waals surface area (Å²) in [6.45, 7) is 6.51. The van der Waals surface area contributed by atoms with Crippen LogP contribution in [0.15, 0.2) is 198 Å². The fourth-order valence-electron chi connectivity index (χ4n) is 7.34. The van der Waals surface area contributed by atoms with Gasteiger partial charge in [-0.15, -0.1) is 0 Å². The number of allylic oxidation sites excluding steroid dienone is 2. The van der Waals surface area contributed by atoms with Crippen LogP contribution >= 0.6 is 0 Å². The fourth-order valence-corrected chi connectivity index (χ4v) is 7.34. The van der Waals surface area contributed by atoms with Gasteiger partial charge in [-0.2, -0.15) is 0 Å². The van der Waals surface area contributed by atoms with Crippen LogP contribution in [0.3, 0.4) is 0 Å². The minimum absolute atomic E-state index is 0.829. The van der Waals surface area contributed by atoms with Crippen molar-refractivity contribution >= 4 is 60.5 Å². The molecule has 9 aromatic rings. The average molecular weight is 666 g/mol. The topological polar surface area (TPSA) is 25.5 Å². The van der Waals surface area contributed by atoms with Crippen molar-refractivity contribution in [1.82, 2.24) is 0 Å². The summed E-state index contributed by atoms with van der Waals surface area (Å²) in [5.41, 5.74) is 12.0. The molecule has 0 unspecified atom stereocenters. The molecule has 0 aliphatic heterocycles. The van der Waals surface area contributed by atoms with Gasteiger partial charge >= 0.3 is 0 Å². The van der Waals surface area contributed by atoms with Gasteiger partial charge in [-0.05, 0) is 92.2 Å². The first kappa shape index (κ1) is 31.2. The van der Waals surface area contributed by atoms with Crippen LogP contribution in [0.2, 0.25) is 0 Å². The Bertz CT molecular complexity index is 2840. The van der Waals surface area contributed by atoms with Crippen LogP contribution in [0, 0.1) is 0 Å². The van der Waals surface area contributed by atoms with E-state index in [9.17, 15) is 0 Å². The van der Waals surface area contributed by atoms with Gasteiger partial charge in [0.1, 0.15) is 11.2 Å². The summed E-state index contributed by atoms with van der Waals surface area (Å²) in [4.78, 5) is 5.37. The summed E-state index contributed by atoms with van der Waals surface area (Å²) in [5, 5.41) is 6.91. The standard InChI is InChI=1S/C50H35NO/c1-33(35-16-6-3-7-17-35)28-48(37-20-10-5-11-21-37)51-34(2)45-30-40(31-47-46-29-38-22-12-13-23-39(38)32-49(46)52-50(45)47)42-27-26-41(36-18-8-4-9-19-36)43-24-14-15-25-44(42)43/h3-32H,1H2,2H3/b48-28-,51-34+. The molecule has 1 heterocycles. The van der Waals surface area contributed by atoms with Crippen LogP contribution in [0.25, 0.3) is 77.0 Å². The Labute approximate surface area is 303 Å². The maximum atomic E-state index is 6.79. The maximum absolute atomic E-state index is 6.79. The predicted molar refractivity (Wildman–Crippen MR) is 222 cm³/mol. The van der Waals surface area contributed by atoms with E-state index in [1.54, 1.807) is 0 Å². The van der Waals surface area contributed by atoms with Gasteiger partial charge in [0, 0.05) is 27.6 Å². The Morgan fingerprint density at radius 3 is 1.75 bits per heavy atom. The Balaban J connectivity index is 1.29. The molecule has 246 valence electrons. The zero-order valence-corrected chi connectivity index (χ0v) is 28.9. The van der Waals surface area contributed by atoms with Crippen LogP contribution in [0.4, 0.5) is 0 Å². The lowest BCUT2D eigenvalue weighted by atomic mass is 9.90. The quantitative estimate of drug-likeness (QED) is 0.123. The summed E-state index contributed by atoms with van der Waals surface area (Å²) < 4.78 is 6.79. The molecule has 0 atom stereocenters. The van der Waals surface area contributed by atoms with Gasteiger partial charge in [0.2, 0.25) is 0 Å². The molecular formula is C50H35NO. The van der Waals surface area contributed by atoms with Crippen molar-refractivity contribution < 1.29 is 4.42 Å². The molecule has 2 nitrogen and oxygen atoms in total. The van der Waals surface area contributed by atoms with Gasteiger partial charge in [-0.25, -0.2) is 0 Å². The molecule has 0 spiro atoms. The van der Waals surface area contributed by atoms with Crippen LogP contribution in [-0.2, 0) is 0 Å². The molecule has 0 radical (unpaired) electrons. The second kappa shape index (κ2) is 13.2. The minimum atomic E-state index is 0.829. The van der Waals surface area contributed by atoms with Crippen molar-refractivity contribution in [3.05, 3.63) is 205 Å². The van der Waals surface area contributed by atoms with Gasteiger partial charge in [-0.3, -0.25) is 4.99 Å². The molecule has 52 heavy (non-hydrogen) atoms. The second-order valence-electron chi connectivity index (χ2n) is 13.3. The SMILES string of the molecule is C=C(/C=C(\N=C(/C)c1cc(-c2ccc(-c3ccccc3)c3ccccc23)cc2c1oc1cc3ccccc3cc12)c1ccccc1)c1ccccc1. The summed E-state index contributed by atoms with van der Waals surface area (Å²) >= 11 is 0. The van der Waals surface area contributed by atoms with E-state index < -0.39 is 0 Å². The Hall–Kier alpha value is -6.77. The average Bonchev–Trinajstić information content (AvgIpc) is 3.57. The highest BCUT2D eigenvalue weighted by molar-refractivity contribution is 6.19. The molecule has 0 bridgehead atoms. The van der Waals surface area contributed by atoms with Gasteiger partial charge < -0.3 is 4.42 Å². The van der Waals surface area contributed by atoms with E-state index in [0.717, 1.165) is 72.1 Å². The van der Waals surface area contributed by atoms with E-state index >= 15 is 0 Å². The van der Waals surface area contributed by atoms with Crippen molar-refractivity contribution in [3.8, 4) is 22.3 Å². The van der Waals surface area contributed by atoms with Gasteiger partial charge in [-0.1, -0.05) is 158 Å². The largest absolute Gasteiger partial charge is 0.455 e. The third kappa shape index (κ3) is 5.71. The third-order valence-electron chi connectivity index (χ3n) is 9.96. The van der Waals surface area contributed by atoms with Crippen molar-refractivity contribution in [3.63, 3.8) is 0 Å². The van der Waals surface area contributed by atoms with Gasteiger partial charge in [0.25, 0.3) is 0 Å². The Morgan fingerprint density at radius 2 is 1.08 bits per heavy atom. The van der Waals surface area contributed by atoms with Crippen molar-refractivity contribution in [1.29, 1.82) is 0 Å². The molecule has 0 saturated carbocycles. The zero-order chi connectivity index (χ0) is 35.0. The lowest BCUT2D eigenvalue weighted by Gasteiger charge is -2.14. The summed E-state index contributed by atoms with van der Waals surface area (Å²) in [7, 11) is 0. The van der Waals surface area contributed by atoms with E-state index in [1.807, 2.05) is 36.4 Å². The molecule has 0 saturated heterocycles. The molecule has 0 N–H and O–H groups in total. The van der Waals surface area contributed by atoms with E-state index in [4.69, 9.17) is 9.41 Å². The maximum Gasteiger partial charge on any atom is 0.144 e. The number of nitrogens with zero attached hydrogens (tertiary/aromatic N) is 1. The lowest BCUT2D eigenvalue weighted by molar-refractivity contribution is 0.668. The number of rotatable bonds is 7. The molecule has 0 amide bonds. The first-order valence-corrected chi connectivity index (χ1v) is 17.6. The van der Waals surface area contributed by atoms with Crippen LogP contribution in [0.1, 0.15) is 23.6 Å². The Morgan fingerprint density at radius 1 is 0.519 bits per heavy atom. The van der Waals surface area contributed by atoms with Crippen LogP contribution in [0.5, 0.6) is 0 Å². The highest BCUT2D eigenvalue weighted by Gasteiger charge is 2.19. The molecule has 1 aromatic heterocycles. The minimum Gasteiger partial charge on any atom is -0.455 e. The fraction of sp³-hybridized carbons (Fsp3) is 0.0200. The third-order valence-corrected chi connectivity index (χ3v) is 9.96. The highest BCUT2D eigenvalue weighted by atomic mass is 16.3. The zero-order valence-electron chi connectivity index (χ0n) is 28.9. The normalized spacial score (nSPS) is 12.2. The van der Waals surface area contributed by atoms with Crippen molar-refractivity contribution in [2.45, 2.75) is 6.92 Å². The molecule has 0 aliphatic carbocycles. The van der Waals surface area contributed by atoms with Crippen LogP contribution in [-0.4, -0.2) is 5.71 Å². The van der Waals surface area contributed by atoms with E-state index in [0.29, 0.717) is 0 Å². The molecule has 0 aliphatic rings. The number of hydrogen-bond acceptors (Lipinski definition) is 2. The summed E-state index contributed by atoms with van der Waals surface area (Å²) in [6.07, 6.45) is 2.08. The second-order valence-corrected chi connectivity index (χ2v) is 13.3. The predicted octanol–water partition coefficient (Wildman–Crippen LogP) is 13.8. The Kier molecular flexibility index (Phi) is 7.91. The molecular weight excluding hydrogens is 631 g/mol. The smallest absolute Gasteiger partial charge is 0.144 e. The number of benzene rings is 8. The van der Waals surface area contributed by atoms with E-state index in [2.05, 4.69) is 159 Å². The number of aliphatic imine (C=N–C) groups is 1. The first-order chi connectivity index (χ1) is 25.6. The number of furan rings is 1. The monoisotopic (exact) mass is 665 g/mol. The molecule has 0 fully saturated rings. The number of hydrogen-bond donors (Lipinski definition) is 0. The van der Waals surface area contributed by atoms with Crippen LogP contribution < -0.4 is 0 Å². The molecule has 9 rings (SSSR count). The van der Waals surface area contributed by atoms with Crippen molar-refractivity contribution in [2.24, 2.45) is 4.99 Å². The first-order valence-electron chi connectivity index (χ1n) is 17.6. The van der Waals surface area contributed by atoms with E-state index in [-0.39, 0.29) is 0 Å². The summed E-state index contributed by atoms with van der Waals surface area (Å²) in [6, 6.07) is 61.8.